The van der Waals surface area contributed by atoms with Gasteiger partial charge >= 0.3 is 0 Å². The van der Waals surface area contributed by atoms with E-state index >= 15 is 0 Å². The lowest BCUT2D eigenvalue weighted by Gasteiger charge is -2.14. The molecule has 2 amide bonds. The third kappa shape index (κ3) is 4.46. The van der Waals surface area contributed by atoms with Gasteiger partial charge in [-0.2, -0.15) is 0 Å². The van der Waals surface area contributed by atoms with E-state index in [1.165, 1.54) is 14.0 Å². The molecule has 0 bridgehead atoms. The first-order valence-electron chi connectivity index (χ1n) is 7.00. The van der Waals surface area contributed by atoms with Crippen LogP contribution in [0.2, 0.25) is 0 Å². The quantitative estimate of drug-likeness (QED) is 0.744. The van der Waals surface area contributed by atoms with E-state index in [1.54, 1.807) is 18.2 Å². The number of ether oxygens (including phenoxy) is 1. The molecule has 1 aliphatic rings. The number of hydrogen-bond donors (Lipinski definition) is 3. The zero-order chi connectivity index (χ0) is 15.4. The highest BCUT2D eigenvalue weighted by atomic mass is 16.5. The molecule has 1 unspecified atom stereocenters. The second-order valence-electron chi connectivity index (χ2n) is 5.35. The van der Waals surface area contributed by atoms with Crippen molar-refractivity contribution in [1.29, 1.82) is 0 Å². The molecule has 114 valence electrons. The fourth-order valence-electron chi connectivity index (χ4n) is 2.19. The molecule has 0 aromatic heterocycles. The molecule has 21 heavy (non-hydrogen) atoms. The summed E-state index contributed by atoms with van der Waals surface area (Å²) in [6.45, 7) is 1.43. The van der Waals surface area contributed by atoms with Crippen LogP contribution in [0.1, 0.15) is 26.2 Å². The zero-order valence-corrected chi connectivity index (χ0v) is 12.3. The van der Waals surface area contributed by atoms with Gasteiger partial charge in [-0.15, -0.1) is 0 Å². The molecule has 1 fully saturated rings. The minimum atomic E-state index is -0.173. The maximum absolute atomic E-state index is 12.0. The van der Waals surface area contributed by atoms with Crippen LogP contribution in [-0.2, 0) is 9.59 Å². The molecule has 0 radical (unpaired) electrons. The lowest BCUT2D eigenvalue weighted by molar-refractivity contribution is -0.116. The molecule has 0 saturated heterocycles. The predicted octanol–water partition coefficient (Wildman–Crippen LogP) is 1.72. The Hall–Kier alpha value is -2.08. The van der Waals surface area contributed by atoms with Crippen LogP contribution >= 0.6 is 0 Å². The van der Waals surface area contributed by atoms with Crippen molar-refractivity contribution in [3.8, 4) is 5.75 Å². The summed E-state index contributed by atoms with van der Waals surface area (Å²) in [5.41, 5.74) is 7.08. The van der Waals surface area contributed by atoms with E-state index < -0.39 is 0 Å². The minimum Gasteiger partial charge on any atom is -0.495 e. The number of benzene rings is 1. The highest BCUT2D eigenvalue weighted by Gasteiger charge is 2.29. The SMILES string of the molecule is COc1ccc(NC(C)=O)cc1NC(=O)CC(N)C1CC1. The van der Waals surface area contributed by atoms with E-state index in [4.69, 9.17) is 10.5 Å². The van der Waals surface area contributed by atoms with Gasteiger partial charge in [0.15, 0.2) is 0 Å². The van der Waals surface area contributed by atoms with E-state index in [0.29, 0.717) is 23.0 Å². The fourth-order valence-corrected chi connectivity index (χ4v) is 2.19. The molecule has 6 nitrogen and oxygen atoms in total. The van der Waals surface area contributed by atoms with Crippen molar-refractivity contribution in [1.82, 2.24) is 0 Å². The van der Waals surface area contributed by atoms with Crippen molar-refractivity contribution in [3.05, 3.63) is 18.2 Å². The fraction of sp³-hybridized carbons (Fsp3) is 0.467. The first-order valence-corrected chi connectivity index (χ1v) is 7.00. The van der Waals surface area contributed by atoms with E-state index in [0.717, 1.165) is 12.8 Å². The van der Waals surface area contributed by atoms with Crippen molar-refractivity contribution in [2.45, 2.75) is 32.2 Å². The summed E-state index contributed by atoms with van der Waals surface area (Å²) in [6, 6.07) is 4.99. The molecular formula is C15H21N3O3. The van der Waals surface area contributed by atoms with Crippen LogP contribution in [0.25, 0.3) is 0 Å². The molecule has 4 N–H and O–H groups in total. The maximum Gasteiger partial charge on any atom is 0.226 e. The van der Waals surface area contributed by atoms with Crippen molar-refractivity contribution in [2.75, 3.05) is 17.7 Å². The van der Waals surface area contributed by atoms with Gasteiger partial charge in [-0.3, -0.25) is 9.59 Å². The average molecular weight is 291 g/mol. The smallest absolute Gasteiger partial charge is 0.226 e. The van der Waals surface area contributed by atoms with E-state index in [2.05, 4.69) is 10.6 Å². The van der Waals surface area contributed by atoms with Gasteiger partial charge in [-0.1, -0.05) is 0 Å². The van der Waals surface area contributed by atoms with Crippen molar-refractivity contribution >= 4 is 23.2 Å². The van der Waals surface area contributed by atoms with Crippen LogP contribution in [0.5, 0.6) is 5.75 Å². The van der Waals surface area contributed by atoms with Crippen molar-refractivity contribution in [3.63, 3.8) is 0 Å². The first kappa shape index (κ1) is 15.3. The lowest BCUT2D eigenvalue weighted by atomic mass is 10.1. The standard InChI is InChI=1S/C15H21N3O3/c1-9(19)17-11-5-6-14(21-2)13(7-11)18-15(20)8-12(16)10-3-4-10/h5-7,10,12H,3-4,8,16H2,1-2H3,(H,17,19)(H,18,20). The summed E-state index contributed by atoms with van der Waals surface area (Å²) >= 11 is 0. The van der Waals surface area contributed by atoms with Crippen LogP contribution in [-0.4, -0.2) is 25.0 Å². The molecule has 0 heterocycles. The minimum absolute atomic E-state index is 0.0884. The predicted molar refractivity (Wildman–Crippen MR) is 81.2 cm³/mol. The molecule has 2 rings (SSSR count). The van der Waals surface area contributed by atoms with Gasteiger partial charge in [0.25, 0.3) is 0 Å². The Balaban J connectivity index is 2.05. The van der Waals surface area contributed by atoms with Crippen LogP contribution in [0.15, 0.2) is 18.2 Å². The molecule has 0 spiro atoms. The maximum atomic E-state index is 12.0. The Labute approximate surface area is 124 Å². The van der Waals surface area contributed by atoms with Gasteiger partial charge in [0.05, 0.1) is 12.8 Å². The van der Waals surface area contributed by atoms with Crippen LogP contribution in [0.3, 0.4) is 0 Å². The Kier molecular flexibility index (Phi) is 4.80. The van der Waals surface area contributed by atoms with Gasteiger partial charge in [0.2, 0.25) is 11.8 Å². The second-order valence-corrected chi connectivity index (χ2v) is 5.35. The van der Waals surface area contributed by atoms with E-state index in [9.17, 15) is 9.59 Å². The topological polar surface area (TPSA) is 93.5 Å². The molecule has 1 aromatic carbocycles. The Bertz CT molecular complexity index is 541. The Morgan fingerprint density at radius 2 is 2.10 bits per heavy atom. The molecule has 1 aromatic rings. The Morgan fingerprint density at radius 1 is 1.38 bits per heavy atom. The lowest BCUT2D eigenvalue weighted by Crippen LogP contribution is -2.29. The average Bonchev–Trinajstić information content (AvgIpc) is 3.22. The van der Waals surface area contributed by atoms with Crippen molar-refractivity contribution in [2.24, 2.45) is 11.7 Å². The number of nitrogens with one attached hydrogen (secondary N) is 2. The summed E-state index contributed by atoms with van der Waals surface area (Å²) in [7, 11) is 1.53. The van der Waals surface area contributed by atoms with Gasteiger partial charge < -0.3 is 21.1 Å². The summed E-state index contributed by atoms with van der Waals surface area (Å²) in [5.74, 6) is 0.696. The molecule has 1 saturated carbocycles. The molecule has 0 aliphatic heterocycles. The highest BCUT2D eigenvalue weighted by molar-refractivity contribution is 5.95. The van der Waals surface area contributed by atoms with Gasteiger partial charge in [-0.25, -0.2) is 0 Å². The van der Waals surface area contributed by atoms with E-state index in [-0.39, 0.29) is 24.3 Å². The van der Waals surface area contributed by atoms with E-state index in [1.807, 2.05) is 0 Å². The normalized spacial score (nSPS) is 15.2. The van der Waals surface area contributed by atoms with Crippen molar-refractivity contribution < 1.29 is 14.3 Å². The first-order chi connectivity index (χ1) is 9.99. The molecule has 6 heteroatoms. The number of carbonyl (C=O) groups is 2. The second kappa shape index (κ2) is 6.58. The summed E-state index contributed by atoms with van der Waals surface area (Å²) < 4.78 is 5.21. The number of hydrogen-bond acceptors (Lipinski definition) is 4. The van der Waals surface area contributed by atoms with Crippen LogP contribution in [0.4, 0.5) is 11.4 Å². The summed E-state index contributed by atoms with van der Waals surface area (Å²) in [5, 5.41) is 5.46. The largest absolute Gasteiger partial charge is 0.495 e. The molecular weight excluding hydrogens is 270 g/mol. The summed E-state index contributed by atoms with van der Waals surface area (Å²) in [4.78, 5) is 23.1. The number of amides is 2. The highest BCUT2D eigenvalue weighted by Crippen LogP contribution is 2.33. The van der Waals surface area contributed by atoms with Crippen LogP contribution in [0, 0.1) is 5.92 Å². The number of rotatable bonds is 6. The summed E-state index contributed by atoms with van der Waals surface area (Å²) in [6.07, 6.45) is 2.50. The number of nitrogens with two attached hydrogens (primary N) is 1. The monoisotopic (exact) mass is 291 g/mol. The number of anilines is 2. The number of methoxy groups -OCH3 is 1. The molecule has 1 aliphatic carbocycles. The zero-order valence-electron chi connectivity index (χ0n) is 12.3. The third-order valence-corrected chi connectivity index (χ3v) is 3.44. The van der Waals surface area contributed by atoms with Gasteiger partial charge in [0, 0.05) is 25.1 Å². The number of carbonyl (C=O) groups excluding carboxylic acids is 2. The van der Waals surface area contributed by atoms with Crippen LogP contribution < -0.4 is 21.1 Å². The third-order valence-electron chi connectivity index (χ3n) is 3.44. The molecule has 1 atom stereocenters. The Morgan fingerprint density at radius 3 is 2.67 bits per heavy atom. The van der Waals surface area contributed by atoms with Gasteiger partial charge in [-0.05, 0) is 37.0 Å². The van der Waals surface area contributed by atoms with Gasteiger partial charge in [0.1, 0.15) is 5.75 Å².